The van der Waals surface area contributed by atoms with Gasteiger partial charge in [0, 0.05) is 6.54 Å². The van der Waals surface area contributed by atoms with Crippen molar-refractivity contribution >= 4 is 18.4 Å². The summed E-state index contributed by atoms with van der Waals surface area (Å²) in [6, 6.07) is -0.534. The molecule has 2 N–H and O–H groups in total. The molecular formula is C6H12ClNO3. The summed E-state index contributed by atoms with van der Waals surface area (Å²) < 4.78 is 5.11. The fraction of sp³-hybridized carbons (Fsp3) is 0.833. The van der Waals surface area contributed by atoms with Gasteiger partial charge in [-0.15, -0.1) is 12.4 Å². The highest BCUT2D eigenvalue weighted by atomic mass is 35.5. The first-order chi connectivity index (χ1) is 4.72. The molecule has 0 aromatic heterocycles. The monoisotopic (exact) mass is 181 g/mol. The second kappa shape index (κ2) is 4.54. The minimum Gasteiger partial charge on any atom is -0.480 e. The van der Waals surface area contributed by atoms with Crippen molar-refractivity contribution in [1.29, 1.82) is 0 Å². The van der Waals surface area contributed by atoms with Crippen molar-refractivity contribution in [3.63, 3.8) is 0 Å². The zero-order valence-corrected chi connectivity index (χ0v) is 7.06. The van der Waals surface area contributed by atoms with Crippen LogP contribution in [0.2, 0.25) is 0 Å². The molecular weight excluding hydrogens is 170 g/mol. The first kappa shape index (κ1) is 10.7. The molecule has 0 aromatic rings. The molecule has 1 rings (SSSR count). The minimum absolute atomic E-state index is 0. The molecule has 5 heteroatoms. The van der Waals surface area contributed by atoms with Crippen LogP contribution in [-0.4, -0.2) is 36.4 Å². The maximum absolute atomic E-state index is 10.4. The highest BCUT2D eigenvalue weighted by molar-refractivity contribution is 5.85. The van der Waals surface area contributed by atoms with Crippen LogP contribution in [0.4, 0.5) is 0 Å². The summed E-state index contributed by atoms with van der Waals surface area (Å²) in [6.07, 6.45) is -0.216. The van der Waals surface area contributed by atoms with E-state index in [0.717, 1.165) is 0 Å². The summed E-state index contributed by atoms with van der Waals surface area (Å²) in [5, 5.41) is 11.4. The summed E-state index contributed by atoms with van der Waals surface area (Å²) in [6.45, 7) is 2.98. The topological polar surface area (TPSA) is 58.6 Å². The SMILES string of the molecule is C[C@@H]1OCCN[C@H]1C(=O)O.Cl. The van der Waals surface area contributed by atoms with Gasteiger partial charge in [0.05, 0.1) is 12.7 Å². The van der Waals surface area contributed by atoms with Crippen LogP contribution in [0, 0.1) is 0 Å². The maximum Gasteiger partial charge on any atom is 0.323 e. The number of morpholine rings is 1. The van der Waals surface area contributed by atoms with Gasteiger partial charge in [0.25, 0.3) is 0 Å². The van der Waals surface area contributed by atoms with Gasteiger partial charge < -0.3 is 9.84 Å². The molecule has 0 saturated carbocycles. The zero-order chi connectivity index (χ0) is 7.56. The van der Waals surface area contributed by atoms with Crippen molar-refractivity contribution in [3.05, 3.63) is 0 Å². The molecule has 2 atom stereocenters. The third kappa shape index (κ3) is 2.65. The molecule has 0 amide bonds. The third-order valence-electron chi connectivity index (χ3n) is 1.58. The average molecular weight is 182 g/mol. The number of nitrogens with one attached hydrogen (secondary N) is 1. The van der Waals surface area contributed by atoms with Crippen molar-refractivity contribution in [2.75, 3.05) is 13.2 Å². The van der Waals surface area contributed by atoms with E-state index in [2.05, 4.69) is 5.32 Å². The Kier molecular flexibility index (Phi) is 4.40. The smallest absolute Gasteiger partial charge is 0.323 e. The minimum atomic E-state index is -0.841. The third-order valence-corrected chi connectivity index (χ3v) is 1.58. The lowest BCUT2D eigenvalue weighted by molar-refractivity contribution is -0.145. The molecule has 1 aliphatic heterocycles. The molecule has 1 heterocycles. The van der Waals surface area contributed by atoms with E-state index >= 15 is 0 Å². The molecule has 0 aliphatic carbocycles. The Bertz CT molecular complexity index is 142. The number of carboxylic acid groups (broad SMARTS) is 1. The van der Waals surface area contributed by atoms with E-state index in [1.807, 2.05) is 0 Å². The Morgan fingerprint density at radius 2 is 2.36 bits per heavy atom. The van der Waals surface area contributed by atoms with Crippen LogP contribution in [0.1, 0.15) is 6.92 Å². The van der Waals surface area contributed by atoms with Gasteiger partial charge in [-0.2, -0.15) is 0 Å². The van der Waals surface area contributed by atoms with Crippen LogP contribution in [0.25, 0.3) is 0 Å². The molecule has 0 spiro atoms. The van der Waals surface area contributed by atoms with Crippen LogP contribution in [-0.2, 0) is 9.53 Å². The molecule has 4 nitrogen and oxygen atoms in total. The first-order valence-electron chi connectivity index (χ1n) is 3.29. The van der Waals surface area contributed by atoms with Gasteiger partial charge in [-0.25, -0.2) is 0 Å². The van der Waals surface area contributed by atoms with Crippen LogP contribution >= 0.6 is 12.4 Å². The van der Waals surface area contributed by atoms with Gasteiger partial charge in [-0.05, 0) is 6.92 Å². The fourth-order valence-electron chi connectivity index (χ4n) is 1.01. The van der Waals surface area contributed by atoms with Gasteiger partial charge in [0.1, 0.15) is 6.04 Å². The number of carboxylic acids is 1. The summed E-state index contributed by atoms with van der Waals surface area (Å²) in [5.41, 5.74) is 0. The summed E-state index contributed by atoms with van der Waals surface area (Å²) in [4.78, 5) is 10.4. The Labute approximate surface area is 71.3 Å². The highest BCUT2D eigenvalue weighted by Crippen LogP contribution is 2.02. The lowest BCUT2D eigenvalue weighted by Crippen LogP contribution is -2.51. The van der Waals surface area contributed by atoms with Crippen molar-refractivity contribution in [2.24, 2.45) is 0 Å². The van der Waals surface area contributed by atoms with Crippen molar-refractivity contribution < 1.29 is 14.6 Å². The Morgan fingerprint density at radius 1 is 1.73 bits per heavy atom. The summed E-state index contributed by atoms with van der Waals surface area (Å²) >= 11 is 0. The van der Waals surface area contributed by atoms with Crippen molar-refractivity contribution in [3.8, 4) is 0 Å². The number of hydrogen-bond acceptors (Lipinski definition) is 3. The fourth-order valence-corrected chi connectivity index (χ4v) is 1.01. The first-order valence-corrected chi connectivity index (χ1v) is 3.29. The van der Waals surface area contributed by atoms with Gasteiger partial charge >= 0.3 is 5.97 Å². The molecule has 1 aliphatic rings. The van der Waals surface area contributed by atoms with Crippen LogP contribution in [0.15, 0.2) is 0 Å². The van der Waals surface area contributed by atoms with Gasteiger partial charge in [-0.1, -0.05) is 0 Å². The number of aliphatic carboxylic acids is 1. The van der Waals surface area contributed by atoms with E-state index in [9.17, 15) is 4.79 Å². The van der Waals surface area contributed by atoms with Crippen molar-refractivity contribution in [2.45, 2.75) is 19.1 Å². The van der Waals surface area contributed by atoms with Crippen LogP contribution < -0.4 is 5.32 Å². The molecule has 0 unspecified atom stereocenters. The number of hydrogen-bond donors (Lipinski definition) is 2. The van der Waals surface area contributed by atoms with Gasteiger partial charge in [-0.3, -0.25) is 10.1 Å². The standard InChI is InChI=1S/C6H11NO3.ClH/c1-4-5(6(8)9)7-2-3-10-4;/h4-5,7H,2-3H2,1H3,(H,8,9);1H/t4-,5+;/m0./s1. The lowest BCUT2D eigenvalue weighted by atomic mass is 10.1. The summed E-state index contributed by atoms with van der Waals surface area (Å²) in [5.74, 6) is -0.841. The Hall–Kier alpha value is -0.320. The van der Waals surface area contributed by atoms with E-state index < -0.39 is 12.0 Å². The van der Waals surface area contributed by atoms with E-state index in [0.29, 0.717) is 13.2 Å². The molecule has 0 bridgehead atoms. The molecule has 1 saturated heterocycles. The molecule has 66 valence electrons. The predicted molar refractivity (Wildman–Crippen MR) is 42.1 cm³/mol. The predicted octanol–water partition coefficient (Wildman–Crippen LogP) is -0.130. The van der Waals surface area contributed by atoms with E-state index in [1.54, 1.807) is 6.92 Å². The normalized spacial score (nSPS) is 30.6. The number of ether oxygens (including phenoxy) is 1. The number of rotatable bonds is 1. The van der Waals surface area contributed by atoms with Crippen LogP contribution in [0.3, 0.4) is 0 Å². The molecule has 0 aromatic carbocycles. The largest absolute Gasteiger partial charge is 0.480 e. The second-order valence-corrected chi connectivity index (χ2v) is 2.35. The second-order valence-electron chi connectivity index (χ2n) is 2.35. The molecule has 0 radical (unpaired) electrons. The van der Waals surface area contributed by atoms with E-state index in [1.165, 1.54) is 0 Å². The molecule has 1 fully saturated rings. The van der Waals surface area contributed by atoms with Gasteiger partial charge in [0.2, 0.25) is 0 Å². The van der Waals surface area contributed by atoms with E-state index in [-0.39, 0.29) is 18.5 Å². The van der Waals surface area contributed by atoms with E-state index in [4.69, 9.17) is 9.84 Å². The maximum atomic E-state index is 10.4. The Balaban J connectivity index is 0.000001000. The quantitative estimate of drug-likeness (QED) is 0.592. The lowest BCUT2D eigenvalue weighted by Gasteiger charge is -2.26. The molecule has 11 heavy (non-hydrogen) atoms. The Morgan fingerprint density at radius 3 is 2.73 bits per heavy atom. The summed E-state index contributed by atoms with van der Waals surface area (Å²) in [7, 11) is 0. The van der Waals surface area contributed by atoms with Gasteiger partial charge in [0.15, 0.2) is 0 Å². The zero-order valence-electron chi connectivity index (χ0n) is 6.24. The number of carbonyl (C=O) groups is 1. The van der Waals surface area contributed by atoms with Crippen LogP contribution in [0.5, 0.6) is 0 Å². The van der Waals surface area contributed by atoms with Crippen molar-refractivity contribution in [1.82, 2.24) is 5.32 Å². The highest BCUT2D eigenvalue weighted by Gasteiger charge is 2.27. The number of halogens is 1. The average Bonchev–Trinajstić information content (AvgIpc) is 1.88.